The number of carbonyl (C=O) groups is 1. The van der Waals surface area contributed by atoms with Crippen LogP contribution in [0, 0.1) is 0 Å². The van der Waals surface area contributed by atoms with Crippen molar-refractivity contribution in [3.05, 3.63) is 120 Å². The highest BCUT2D eigenvalue weighted by Crippen LogP contribution is 2.44. The molecule has 196 valence electrons. The Morgan fingerprint density at radius 1 is 0.872 bits per heavy atom. The summed E-state index contributed by atoms with van der Waals surface area (Å²) >= 11 is 1.66. The Labute approximate surface area is 232 Å². The SMILES string of the molecule is NC(=O)c1ccc(N(CCCP(=O)(c2ccccc2)c2ccccc2)c2cc(-c3cccs3)ccc2N)nc1. The molecule has 0 aliphatic rings. The highest BCUT2D eigenvalue weighted by molar-refractivity contribution is 7.78. The lowest BCUT2D eigenvalue weighted by atomic mass is 10.1. The Bertz CT molecular complexity index is 1550. The number of hydrogen-bond donors (Lipinski definition) is 2. The molecular weight excluding hydrogens is 523 g/mol. The van der Waals surface area contributed by atoms with Gasteiger partial charge >= 0.3 is 0 Å². The van der Waals surface area contributed by atoms with Crippen LogP contribution in [-0.2, 0) is 4.57 Å². The summed E-state index contributed by atoms with van der Waals surface area (Å²) in [5.74, 6) is 0.0933. The molecular formula is C31H29N4O2PS. The molecule has 0 radical (unpaired) electrons. The van der Waals surface area contributed by atoms with E-state index in [0.29, 0.717) is 36.2 Å². The zero-order chi connectivity index (χ0) is 27.2. The fourth-order valence-electron chi connectivity index (χ4n) is 4.62. The molecule has 0 saturated carbocycles. The van der Waals surface area contributed by atoms with Crippen LogP contribution in [0.15, 0.2) is 115 Å². The van der Waals surface area contributed by atoms with Crippen molar-refractivity contribution in [3.8, 4) is 10.4 Å². The molecule has 2 aromatic heterocycles. The molecule has 0 atom stereocenters. The number of thiophene rings is 1. The summed E-state index contributed by atoms with van der Waals surface area (Å²) in [5.41, 5.74) is 14.7. The number of nitrogens with zero attached hydrogens (tertiary/aromatic N) is 2. The van der Waals surface area contributed by atoms with Crippen LogP contribution in [-0.4, -0.2) is 23.6 Å². The van der Waals surface area contributed by atoms with Crippen molar-refractivity contribution < 1.29 is 9.36 Å². The third kappa shape index (κ3) is 5.80. The van der Waals surface area contributed by atoms with Gasteiger partial charge in [-0.25, -0.2) is 4.98 Å². The van der Waals surface area contributed by atoms with Gasteiger partial charge in [-0.2, -0.15) is 0 Å². The Kier molecular flexibility index (Phi) is 7.92. The van der Waals surface area contributed by atoms with Gasteiger partial charge in [-0.15, -0.1) is 11.3 Å². The second kappa shape index (κ2) is 11.7. The van der Waals surface area contributed by atoms with Gasteiger partial charge in [-0.3, -0.25) is 4.79 Å². The van der Waals surface area contributed by atoms with E-state index in [1.54, 1.807) is 23.5 Å². The van der Waals surface area contributed by atoms with Crippen LogP contribution in [0.25, 0.3) is 10.4 Å². The van der Waals surface area contributed by atoms with Gasteiger partial charge < -0.3 is 20.9 Å². The second-order valence-corrected chi connectivity index (χ2v) is 13.1. The second-order valence-electron chi connectivity index (χ2n) is 9.16. The fraction of sp³-hybridized carbons (Fsp3) is 0.0968. The van der Waals surface area contributed by atoms with Crippen LogP contribution < -0.4 is 27.0 Å². The zero-order valence-corrected chi connectivity index (χ0v) is 23.0. The van der Waals surface area contributed by atoms with Crippen LogP contribution in [0.2, 0.25) is 0 Å². The number of pyridine rings is 1. The van der Waals surface area contributed by atoms with Crippen LogP contribution in [0.3, 0.4) is 0 Å². The average Bonchev–Trinajstić information content (AvgIpc) is 3.52. The monoisotopic (exact) mass is 552 g/mol. The van der Waals surface area contributed by atoms with E-state index >= 15 is 0 Å². The van der Waals surface area contributed by atoms with Crippen molar-refractivity contribution in [1.82, 2.24) is 4.98 Å². The first-order valence-corrected chi connectivity index (χ1v) is 15.4. The maximum absolute atomic E-state index is 14.6. The normalized spacial score (nSPS) is 11.3. The Morgan fingerprint density at radius 3 is 2.13 bits per heavy atom. The molecule has 1 amide bonds. The molecule has 0 fully saturated rings. The minimum Gasteiger partial charge on any atom is -0.397 e. The molecule has 0 spiro atoms. The predicted molar refractivity (Wildman–Crippen MR) is 163 cm³/mol. The Balaban J connectivity index is 1.49. The number of benzene rings is 3. The van der Waals surface area contributed by atoms with Crippen molar-refractivity contribution in [2.24, 2.45) is 5.73 Å². The summed E-state index contributed by atoms with van der Waals surface area (Å²) in [6.45, 7) is 0.519. The lowest BCUT2D eigenvalue weighted by molar-refractivity contribution is 0.1000. The first-order chi connectivity index (χ1) is 19.0. The topological polar surface area (TPSA) is 102 Å². The predicted octanol–water partition coefficient (Wildman–Crippen LogP) is 6.03. The minimum atomic E-state index is -2.88. The molecule has 5 aromatic rings. The molecule has 2 heterocycles. The highest BCUT2D eigenvalue weighted by Gasteiger charge is 2.27. The number of hydrogen-bond acceptors (Lipinski definition) is 6. The molecule has 4 N–H and O–H groups in total. The summed E-state index contributed by atoms with van der Waals surface area (Å²) in [6, 6.07) is 32.8. The fourth-order valence-corrected chi connectivity index (χ4v) is 8.05. The lowest BCUT2D eigenvalue weighted by Crippen LogP contribution is -2.24. The van der Waals surface area contributed by atoms with Crippen molar-refractivity contribution in [2.45, 2.75) is 6.42 Å². The number of rotatable bonds is 10. The number of carbonyl (C=O) groups excluding carboxylic acids is 1. The number of anilines is 3. The summed E-state index contributed by atoms with van der Waals surface area (Å²) in [7, 11) is -2.88. The third-order valence-electron chi connectivity index (χ3n) is 6.64. The van der Waals surface area contributed by atoms with E-state index in [-0.39, 0.29) is 0 Å². The molecule has 0 aliphatic heterocycles. The van der Waals surface area contributed by atoms with Gasteiger partial charge in [0.15, 0.2) is 0 Å². The zero-order valence-electron chi connectivity index (χ0n) is 21.3. The van der Waals surface area contributed by atoms with Gasteiger partial charge in [0.2, 0.25) is 5.91 Å². The van der Waals surface area contributed by atoms with E-state index in [1.807, 2.05) is 89.1 Å². The van der Waals surface area contributed by atoms with Crippen molar-refractivity contribution in [2.75, 3.05) is 23.3 Å². The molecule has 0 bridgehead atoms. The van der Waals surface area contributed by atoms with Crippen LogP contribution >= 0.6 is 18.5 Å². The van der Waals surface area contributed by atoms with Crippen LogP contribution in [0.1, 0.15) is 16.8 Å². The van der Waals surface area contributed by atoms with E-state index in [1.165, 1.54) is 6.20 Å². The van der Waals surface area contributed by atoms with E-state index in [0.717, 1.165) is 26.7 Å². The van der Waals surface area contributed by atoms with E-state index in [9.17, 15) is 9.36 Å². The number of nitrogen functional groups attached to an aromatic ring is 1. The van der Waals surface area contributed by atoms with E-state index in [2.05, 4.69) is 17.1 Å². The van der Waals surface area contributed by atoms with Crippen molar-refractivity contribution in [3.63, 3.8) is 0 Å². The molecule has 8 heteroatoms. The molecule has 0 saturated heterocycles. The largest absolute Gasteiger partial charge is 0.397 e. The Hall–Kier alpha value is -4.19. The maximum atomic E-state index is 14.6. The van der Waals surface area contributed by atoms with Crippen molar-refractivity contribution in [1.29, 1.82) is 0 Å². The average molecular weight is 553 g/mol. The molecule has 6 nitrogen and oxygen atoms in total. The number of amides is 1. The first kappa shape index (κ1) is 26.4. The molecule has 0 unspecified atom stereocenters. The standard InChI is InChI=1S/C31H29N4O2PS/c32-27-16-14-23(29-13-7-20-39-29)21-28(27)35(30-17-15-24(22-34-30)31(33)36)18-8-19-38(37,25-9-3-1-4-10-25)26-11-5-2-6-12-26/h1-7,9-17,20-22H,8,18-19,32H2,(H2,33,36). The van der Waals surface area contributed by atoms with Gasteiger partial charge in [-0.05, 0) is 47.7 Å². The summed E-state index contributed by atoms with van der Waals surface area (Å²) in [5, 5.41) is 3.72. The molecule has 39 heavy (non-hydrogen) atoms. The summed E-state index contributed by atoms with van der Waals surface area (Å²) in [4.78, 5) is 19.4. The van der Waals surface area contributed by atoms with Gasteiger partial charge in [0.05, 0.1) is 16.9 Å². The van der Waals surface area contributed by atoms with Crippen LogP contribution in [0.4, 0.5) is 17.2 Å². The lowest BCUT2D eigenvalue weighted by Gasteiger charge is -2.27. The number of primary amides is 1. The molecule has 5 rings (SSSR count). The Morgan fingerprint density at radius 2 is 1.56 bits per heavy atom. The van der Waals surface area contributed by atoms with Gasteiger partial charge in [-0.1, -0.05) is 72.8 Å². The minimum absolute atomic E-state index is 0.330. The van der Waals surface area contributed by atoms with Gasteiger partial charge in [0.1, 0.15) is 13.0 Å². The number of aromatic nitrogens is 1. The third-order valence-corrected chi connectivity index (χ3v) is 10.8. The number of nitrogens with two attached hydrogens (primary N) is 2. The van der Waals surface area contributed by atoms with Gasteiger partial charge in [0, 0.05) is 34.4 Å². The van der Waals surface area contributed by atoms with E-state index in [4.69, 9.17) is 11.5 Å². The first-order valence-electron chi connectivity index (χ1n) is 12.6. The molecule has 3 aromatic carbocycles. The summed E-state index contributed by atoms with van der Waals surface area (Å²) in [6.07, 6.45) is 2.56. The van der Waals surface area contributed by atoms with Gasteiger partial charge in [0.25, 0.3) is 0 Å². The smallest absolute Gasteiger partial charge is 0.250 e. The van der Waals surface area contributed by atoms with E-state index < -0.39 is 13.0 Å². The maximum Gasteiger partial charge on any atom is 0.250 e. The van der Waals surface area contributed by atoms with Crippen molar-refractivity contribution >= 4 is 52.2 Å². The van der Waals surface area contributed by atoms with Crippen LogP contribution in [0.5, 0.6) is 0 Å². The molecule has 0 aliphatic carbocycles. The highest BCUT2D eigenvalue weighted by atomic mass is 32.1. The quantitative estimate of drug-likeness (QED) is 0.163. The summed E-state index contributed by atoms with van der Waals surface area (Å²) < 4.78 is 14.6.